The molecule has 1 heterocycles. The van der Waals surface area contributed by atoms with Gasteiger partial charge in [0, 0.05) is 25.0 Å². The van der Waals surface area contributed by atoms with Crippen molar-refractivity contribution < 1.29 is 27.8 Å². The van der Waals surface area contributed by atoms with Crippen LogP contribution in [0, 0.1) is 11.7 Å². The number of carbonyl (C=O) groups excluding carboxylic acids is 2. The van der Waals surface area contributed by atoms with E-state index >= 15 is 0 Å². The predicted octanol–water partition coefficient (Wildman–Crippen LogP) is 5.50. The quantitative estimate of drug-likeness (QED) is 0.553. The number of rotatable bonds is 6. The van der Waals surface area contributed by atoms with E-state index in [-0.39, 0.29) is 36.7 Å². The molecular formula is C28H40F2N2O4. The minimum absolute atomic E-state index is 0.0715. The molecule has 3 aliphatic rings. The molecule has 1 aromatic carbocycles. The molecule has 6 nitrogen and oxygen atoms in total. The van der Waals surface area contributed by atoms with Gasteiger partial charge < -0.3 is 19.7 Å². The van der Waals surface area contributed by atoms with Crippen molar-refractivity contribution in [3.05, 3.63) is 35.6 Å². The van der Waals surface area contributed by atoms with Gasteiger partial charge in [0.15, 0.2) is 5.67 Å². The average molecular weight is 507 g/mol. The van der Waals surface area contributed by atoms with Crippen LogP contribution in [0.1, 0.15) is 83.6 Å². The van der Waals surface area contributed by atoms with Gasteiger partial charge in [-0.1, -0.05) is 12.1 Å². The van der Waals surface area contributed by atoms with Crippen LogP contribution in [-0.4, -0.2) is 60.0 Å². The summed E-state index contributed by atoms with van der Waals surface area (Å²) in [5, 5.41) is 2.96. The zero-order valence-corrected chi connectivity index (χ0v) is 21.7. The smallest absolute Gasteiger partial charge is 0.407 e. The van der Waals surface area contributed by atoms with Crippen molar-refractivity contribution in [2.45, 2.75) is 101 Å². The first-order valence-corrected chi connectivity index (χ1v) is 13.4. The van der Waals surface area contributed by atoms with Gasteiger partial charge in [0.25, 0.3) is 5.91 Å². The fourth-order valence-corrected chi connectivity index (χ4v) is 5.60. The summed E-state index contributed by atoms with van der Waals surface area (Å²) < 4.78 is 40.2. The molecule has 1 aliphatic heterocycles. The number of amides is 2. The van der Waals surface area contributed by atoms with Gasteiger partial charge in [-0.05, 0) is 95.8 Å². The number of hydrogen-bond donors (Lipinski definition) is 1. The van der Waals surface area contributed by atoms with Gasteiger partial charge in [0.2, 0.25) is 0 Å². The lowest BCUT2D eigenvalue weighted by molar-refractivity contribution is -0.153. The van der Waals surface area contributed by atoms with E-state index in [2.05, 4.69) is 5.32 Å². The normalized spacial score (nSPS) is 28.2. The maximum Gasteiger partial charge on any atom is 0.407 e. The SMILES string of the molecule is CC(C)(C)OC(=O)NC1CCN(C(=O)C2(F)CCC2)CC1COC1CCC(c2cccc(F)c2)CC1. The van der Waals surface area contributed by atoms with Gasteiger partial charge in [-0.25, -0.2) is 13.6 Å². The Labute approximate surface area is 213 Å². The first kappa shape index (κ1) is 26.8. The second-order valence-corrected chi connectivity index (χ2v) is 11.7. The summed E-state index contributed by atoms with van der Waals surface area (Å²) in [7, 11) is 0. The summed E-state index contributed by atoms with van der Waals surface area (Å²) in [6.45, 7) is 6.57. The van der Waals surface area contributed by atoms with E-state index in [4.69, 9.17) is 9.47 Å². The molecule has 0 spiro atoms. The molecule has 2 saturated carbocycles. The third-order valence-corrected chi connectivity index (χ3v) is 7.79. The largest absolute Gasteiger partial charge is 0.444 e. The molecule has 1 N–H and O–H groups in total. The zero-order valence-electron chi connectivity index (χ0n) is 21.7. The zero-order chi connectivity index (χ0) is 25.9. The van der Waals surface area contributed by atoms with Crippen LogP contribution in [0.4, 0.5) is 13.6 Å². The van der Waals surface area contributed by atoms with Crippen LogP contribution < -0.4 is 5.32 Å². The molecule has 8 heteroatoms. The Morgan fingerprint density at radius 3 is 2.47 bits per heavy atom. The fourth-order valence-electron chi connectivity index (χ4n) is 5.60. The number of carbonyl (C=O) groups is 2. The van der Waals surface area contributed by atoms with E-state index < -0.39 is 23.3 Å². The third-order valence-electron chi connectivity index (χ3n) is 7.79. The van der Waals surface area contributed by atoms with E-state index in [1.54, 1.807) is 17.0 Å². The van der Waals surface area contributed by atoms with E-state index in [0.717, 1.165) is 37.7 Å². The standard InChI is InChI=1S/C28H40F2N2O4/c1-27(2,3)36-26(34)31-24-12-15-32(25(33)28(30)13-5-14-28)17-21(24)18-35-23-10-8-19(9-11-23)20-6-4-7-22(29)16-20/h4,6-7,16,19,21,23-24H,5,8-15,17-18H2,1-3H3,(H,31,34). The highest BCUT2D eigenvalue weighted by Gasteiger charge is 2.48. The van der Waals surface area contributed by atoms with Crippen LogP contribution in [0.15, 0.2) is 24.3 Å². The molecule has 2 amide bonds. The number of piperidine rings is 1. The van der Waals surface area contributed by atoms with E-state index in [9.17, 15) is 18.4 Å². The van der Waals surface area contributed by atoms with Crippen molar-refractivity contribution in [3.63, 3.8) is 0 Å². The van der Waals surface area contributed by atoms with Crippen LogP contribution >= 0.6 is 0 Å². The Hall–Kier alpha value is -2.22. The summed E-state index contributed by atoms with van der Waals surface area (Å²) in [5.41, 5.74) is -1.31. The maximum atomic E-state index is 14.8. The number of nitrogens with one attached hydrogen (secondary N) is 1. The number of benzene rings is 1. The topological polar surface area (TPSA) is 67.9 Å². The van der Waals surface area contributed by atoms with Crippen molar-refractivity contribution in [1.29, 1.82) is 0 Å². The van der Waals surface area contributed by atoms with E-state index in [1.807, 2.05) is 26.8 Å². The van der Waals surface area contributed by atoms with Gasteiger partial charge in [-0.2, -0.15) is 0 Å². The third kappa shape index (κ3) is 6.75. The Morgan fingerprint density at radius 2 is 1.86 bits per heavy atom. The van der Waals surface area contributed by atoms with Crippen molar-refractivity contribution in [2.24, 2.45) is 5.92 Å². The molecule has 200 valence electrons. The lowest BCUT2D eigenvalue weighted by Crippen LogP contribution is -2.58. The lowest BCUT2D eigenvalue weighted by atomic mass is 9.80. The van der Waals surface area contributed by atoms with Crippen LogP contribution in [0.5, 0.6) is 0 Å². The number of alkyl halides is 1. The monoisotopic (exact) mass is 506 g/mol. The molecule has 2 unspecified atom stereocenters. The summed E-state index contributed by atoms with van der Waals surface area (Å²) in [6, 6.07) is 6.60. The molecule has 3 fully saturated rings. The summed E-state index contributed by atoms with van der Waals surface area (Å²) in [5.74, 6) is -0.458. The molecule has 36 heavy (non-hydrogen) atoms. The van der Waals surface area contributed by atoms with Crippen LogP contribution in [0.3, 0.4) is 0 Å². The molecule has 1 aromatic rings. The Bertz CT molecular complexity index is 922. The Kier molecular flexibility index (Phi) is 8.22. The minimum Gasteiger partial charge on any atom is -0.444 e. The Morgan fingerprint density at radius 1 is 1.14 bits per heavy atom. The van der Waals surface area contributed by atoms with Crippen LogP contribution in [0.2, 0.25) is 0 Å². The van der Waals surface area contributed by atoms with Gasteiger partial charge in [0.05, 0.1) is 12.7 Å². The van der Waals surface area contributed by atoms with Gasteiger partial charge >= 0.3 is 6.09 Å². The number of nitrogens with zero attached hydrogens (tertiary/aromatic N) is 1. The van der Waals surface area contributed by atoms with Crippen molar-refractivity contribution >= 4 is 12.0 Å². The van der Waals surface area contributed by atoms with E-state index in [1.165, 1.54) is 6.07 Å². The average Bonchev–Trinajstić information content (AvgIpc) is 2.80. The van der Waals surface area contributed by atoms with Gasteiger partial charge in [-0.3, -0.25) is 4.79 Å². The van der Waals surface area contributed by atoms with E-state index in [0.29, 0.717) is 32.0 Å². The summed E-state index contributed by atoms with van der Waals surface area (Å²) in [4.78, 5) is 26.9. The number of halogens is 2. The Balaban J connectivity index is 1.34. The summed E-state index contributed by atoms with van der Waals surface area (Å²) in [6.07, 6.45) is 5.01. The molecule has 1 saturated heterocycles. The van der Waals surface area contributed by atoms with Crippen LogP contribution in [0.25, 0.3) is 0 Å². The highest BCUT2D eigenvalue weighted by molar-refractivity contribution is 5.86. The second kappa shape index (κ2) is 11.0. The molecule has 4 rings (SSSR count). The van der Waals surface area contributed by atoms with Crippen molar-refractivity contribution in [1.82, 2.24) is 10.2 Å². The second-order valence-electron chi connectivity index (χ2n) is 11.7. The van der Waals surface area contributed by atoms with Crippen molar-refractivity contribution in [2.75, 3.05) is 19.7 Å². The molecule has 2 atom stereocenters. The molecular weight excluding hydrogens is 466 g/mol. The van der Waals surface area contributed by atoms with Crippen LogP contribution in [-0.2, 0) is 14.3 Å². The highest BCUT2D eigenvalue weighted by Crippen LogP contribution is 2.39. The predicted molar refractivity (Wildman–Crippen MR) is 133 cm³/mol. The first-order chi connectivity index (χ1) is 17.0. The number of alkyl carbamates (subject to hydrolysis) is 1. The maximum absolute atomic E-state index is 14.8. The lowest BCUT2D eigenvalue weighted by Gasteiger charge is -2.43. The molecule has 0 bridgehead atoms. The number of likely N-dealkylation sites (tertiary alicyclic amines) is 1. The van der Waals surface area contributed by atoms with Gasteiger partial charge in [0.1, 0.15) is 11.4 Å². The summed E-state index contributed by atoms with van der Waals surface area (Å²) >= 11 is 0. The number of ether oxygens (including phenoxy) is 2. The van der Waals surface area contributed by atoms with Gasteiger partial charge in [-0.15, -0.1) is 0 Å². The first-order valence-electron chi connectivity index (χ1n) is 13.4. The fraction of sp³-hybridized carbons (Fsp3) is 0.714. The number of hydrogen-bond acceptors (Lipinski definition) is 4. The highest BCUT2D eigenvalue weighted by atomic mass is 19.1. The molecule has 0 aromatic heterocycles. The molecule has 0 radical (unpaired) electrons. The minimum atomic E-state index is -1.73. The van der Waals surface area contributed by atoms with Crippen molar-refractivity contribution in [3.8, 4) is 0 Å². The molecule has 2 aliphatic carbocycles.